The highest BCUT2D eigenvalue weighted by molar-refractivity contribution is 5.94. The van der Waals surface area contributed by atoms with Crippen LogP contribution < -0.4 is 19.5 Å². The highest BCUT2D eigenvalue weighted by Gasteiger charge is 2.11. The van der Waals surface area contributed by atoms with Gasteiger partial charge in [0.05, 0.1) is 14.2 Å². The number of carbonyl (C=O) groups is 1. The summed E-state index contributed by atoms with van der Waals surface area (Å²) in [6.45, 7) is 1.92. The molecule has 134 valence electrons. The molecular weight excluding hydrogens is 322 g/mol. The zero-order valence-corrected chi connectivity index (χ0v) is 14.6. The molecule has 1 atom stereocenters. The number of benzene rings is 2. The predicted molar refractivity (Wildman–Crippen MR) is 96.0 cm³/mol. The van der Waals surface area contributed by atoms with Gasteiger partial charge in [-0.15, -0.1) is 0 Å². The van der Waals surface area contributed by atoms with Crippen LogP contribution in [0.1, 0.15) is 17.3 Å². The summed E-state index contributed by atoms with van der Waals surface area (Å²) in [4.78, 5) is 11.4. The Labute approximate surface area is 147 Å². The number of hydrogen-bond donors (Lipinski definition) is 2. The van der Waals surface area contributed by atoms with E-state index in [1.165, 1.54) is 14.0 Å². The van der Waals surface area contributed by atoms with Gasteiger partial charge >= 0.3 is 0 Å². The standard InChI is InChI=1S/C19H23NO5/c1-13(21)14-4-9-18(19(10-14)24-3)25-12-16(22)11-20-15-5-7-17(23-2)8-6-15/h4-10,16,20,22H,11-12H2,1-3H3/t16-/m1/s1. The van der Waals surface area contributed by atoms with Crippen LogP contribution in [-0.2, 0) is 0 Å². The Morgan fingerprint density at radius 3 is 2.40 bits per heavy atom. The first-order chi connectivity index (χ1) is 12.0. The molecule has 2 rings (SSSR count). The SMILES string of the molecule is COc1ccc(NC[C@@H](O)COc2ccc(C(C)=O)cc2OC)cc1. The molecule has 0 amide bonds. The van der Waals surface area contributed by atoms with Gasteiger partial charge < -0.3 is 24.6 Å². The second-order valence-electron chi connectivity index (χ2n) is 5.50. The molecule has 0 aromatic heterocycles. The normalized spacial score (nSPS) is 11.5. The molecule has 2 aromatic rings. The zero-order chi connectivity index (χ0) is 18.2. The van der Waals surface area contributed by atoms with E-state index < -0.39 is 6.10 Å². The molecule has 0 radical (unpaired) electrons. The van der Waals surface area contributed by atoms with Gasteiger partial charge in [0, 0.05) is 17.8 Å². The van der Waals surface area contributed by atoms with E-state index in [1.54, 1.807) is 25.3 Å². The fourth-order valence-corrected chi connectivity index (χ4v) is 2.20. The van der Waals surface area contributed by atoms with E-state index in [2.05, 4.69) is 5.32 Å². The van der Waals surface area contributed by atoms with Crippen LogP contribution in [0.15, 0.2) is 42.5 Å². The average molecular weight is 345 g/mol. The van der Waals surface area contributed by atoms with E-state index in [0.717, 1.165) is 11.4 Å². The molecule has 0 aliphatic rings. The maximum atomic E-state index is 11.4. The van der Waals surface area contributed by atoms with Gasteiger partial charge in [0.1, 0.15) is 18.5 Å². The molecule has 0 heterocycles. The van der Waals surface area contributed by atoms with Crippen LogP contribution in [0.2, 0.25) is 0 Å². The van der Waals surface area contributed by atoms with Crippen molar-refractivity contribution in [2.45, 2.75) is 13.0 Å². The molecular formula is C19H23NO5. The number of anilines is 1. The minimum absolute atomic E-state index is 0.0476. The third-order valence-electron chi connectivity index (χ3n) is 3.63. The van der Waals surface area contributed by atoms with Crippen molar-refractivity contribution in [1.29, 1.82) is 0 Å². The number of methoxy groups -OCH3 is 2. The number of carbonyl (C=O) groups excluding carboxylic acids is 1. The number of hydrogen-bond acceptors (Lipinski definition) is 6. The first-order valence-electron chi connectivity index (χ1n) is 7.91. The predicted octanol–water partition coefficient (Wildman–Crippen LogP) is 2.76. The second-order valence-corrected chi connectivity index (χ2v) is 5.50. The van der Waals surface area contributed by atoms with E-state index >= 15 is 0 Å². The summed E-state index contributed by atoms with van der Waals surface area (Å²) in [5.74, 6) is 1.67. The van der Waals surface area contributed by atoms with Crippen molar-refractivity contribution in [3.05, 3.63) is 48.0 Å². The van der Waals surface area contributed by atoms with Crippen molar-refractivity contribution in [3.63, 3.8) is 0 Å². The van der Waals surface area contributed by atoms with Gasteiger partial charge in [-0.05, 0) is 49.4 Å². The smallest absolute Gasteiger partial charge is 0.161 e. The number of Topliss-reactive ketones (excluding diaryl/α,β-unsaturated/α-hetero) is 1. The summed E-state index contributed by atoms with van der Waals surface area (Å²) in [7, 11) is 3.12. The molecule has 0 bridgehead atoms. The van der Waals surface area contributed by atoms with Gasteiger partial charge in [-0.2, -0.15) is 0 Å². The maximum Gasteiger partial charge on any atom is 0.161 e. The lowest BCUT2D eigenvalue weighted by atomic mass is 10.1. The third kappa shape index (κ3) is 5.39. The van der Waals surface area contributed by atoms with E-state index in [-0.39, 0.29) is 12.4 Å². The molecule has 6 heteroatoms. The van der Waals surface area contributed by atoms with Crippen LogP contribution >= 0.6 is 0 Å². The first kappa shape index (κ1) is 18.6. The van der Waals surface area contributed by atoms with Crippen LogP contribution in [0, 0.1) is 0 Å². The number of rotatable bonds is 9. The monoisotopic (exact) mass is 345 g/mol. The minimum atomic E-state index is -0.709. The Bertz CT molecular complexity index is 699. The maximum absolute atomic E-state index is 11.4. The van der Waals surface area contributed by atoms with Crippen molar-refractivity contribution in [1.82, 2.24) is 0 Å². The van der Waals surface area contributed by atoms with Gasteiger partial charge in [0.2, 0.25) is 0 Å². The van der Waals surface area contributed by atoms with Gasteiger partial charge in [-0.3, -0.25) is 4.79 Å². The summed E-state index contributed by atoms with van der Waals surface area (Å²) in [5.41, 5.74) is 1.43. The third-order valence-corrected chi connectivity index (χ3v) is 3.63. The molecule has 0 spiro atoms. The van der Waals surface area contributed by atoms with Crippen molar-refractivity contribution >= 4 is 11.5 Å². The molecule has 25 heavy (non-hydrogen) atoms. The molecule has 2 aromatic carbocycles. The molecule has 0 aliphatic carbocycles. The summed E-state index contributed by atoms with van der Waals surface area (Å²) >= 11 is 0. The van der Waals surface area contributed by atoms with Crippen molar-refractivity contribution in [2.75, 3.05) is 32.7 Å². The molecule has 0 unspecified atom stereocenters. The molecule has 0 saturated carbocycles. The highest BCUT2D eigenvalue weighted by atomic mass is 16.5. The largest absolute Gasteiger partial charge is 0.497 e. The Hall–Kier alpha value is -2.73. The lowest BCUT2D eigenvalue weighted by molar-refractivity contribution is 0.101. The van der Waals surface area contributed by atoms with Gasteiger partial charge in [0.25, 0.3) is 0 Å². The van der Waals surface area contributed by atoms with E-state index in [9.17, 15) is 9.90 Å². The fourth-order valence-electron chi connectivity index (χ4n) is 2.20. The van der Waals surface area contributed by atoms with Crippen LogP contribution in [0.5, 0.6) is 17.2 Å². The summed E-state index contributed by atoms with van der Waals surface area (Å²) in [6, 6.07) is 12.4. The lowest BCUT2D eigenvalue weighted by Gasteiger charge is -2.16. The molecule has 6 nitrogen and oxygen atoms in total. The van der Waals surface area contributed by atoms with Gasteiger partial charge in [0.15, 0.2) is 17.3 Å². The van der Waals surface area contributed by atoms with Gasteiger partial charge in [-0.25, -0.2) is 0 Å². The fraction of sp³-hybridized carbons (Fsp3) is 0.316. The molecule has 0 saturated heterocycles. The zero-order valence-electron chi connectivity index (χ0n) is 14.6. The van der Waals surface area contributed by atoms with Crippen LogP contribution in [0.25, 0.3) is 0 Å². The number of ether oxygens (including phenoxy) is 3. The minimum Gasteiger partial charge on any atom is -0.497 e. The highest BCUT2D eigenvalue weighted by Crippen LogP contribution is 2.28. The Balaban J connectivity index is 1.86. The lowest BCUT2D eigenvalue weighted by Crippen LogP contribution is -2.26. The summed E-state index contributed by atoms with van der Waals surface area (Å²) < 4.78 is 15.9. The molecule has 0 aliphatic heterocycles. The van der Waals surface area contributed by atoms with E-state index in [0.29, 0.717) is 23.6 Å². The Kier molecular flexibility index (Phi) is 6.65. The van der Waals surface area contributed by atoms with Crippen molar-refractivity contribution < 1.29 is 24.1 Å². The van der Waals surface area contributed by atoms with Crippen LogP contribution in [0.3, 0.4) is 0 Å². The summed E-state index contributed by atoms with van der Waals surface area (Å²) in [5, 5.41) is 13.2. The number of aliphatic hydroxyl groups excluding tert-OH is 1. The summed E-state index contributed by atoms with van der Waals surface area (Å²) in [6.07, 6.45) is -0.709. The second kappa shape index (κ2) is 8.94. The van der Waals surface area contributed by atoms with Crippen LogP contribution in [0.4, 0.5) is 5.69 Å². The quantitative estimate of drug-likeness (QED) is 0.681. The average Bonchev–Trinajstić information content (AvgIpc) is 2.64. The van der Waals surface area contributed by atoms with Gasteiger partial charge in [-0.1, -0.05) is 0 Å². The van der Waals surface area contributed by atoms with Crippen molar-refractivity contribution in [3.8, 4) is 17.2 Å². The Morgan fingerprint density at radius 1 is 1.08 bits per heavy atom. The molecule has 2 N–H and O–H groups in total. The molecule has 0 fully saturated rings. The Morgan fingerprint density at radius 2 is 1.80 bits per heavy atom. The van der Waals surface area contributed by atoms with Crippen LogP contribution in [-0.4, -0.2) is 44.4 Å². The first-order valence-corrected chi connectivity index (χ1v) is 7.91. The van der Waals surface area contributed by atoms with E-state index in [1.807, 2.05) is 24.3 Å². The van der Waals surface area contributed by atoms with E-state index in [4.69, 9.17) is 14.2 Å². The topological polar surface area (TPSA) is 77.0 Å². The number of ketones is 1. The van der Waals surface area contributed by atoms with Crippen molar-refractivity contribution in [2.24, 2.45) is 0 Å². The number of nitrogens with one attached hydrogen (secondary N) is 1. The number of aliphatic hydroxyl groups is 1.